The van der Waals surface area contributed by atoms with Crippen LogP contribution in [-0.2, 0) is 4.79 Å². The SMILES string of the molecule is Cc1c(NC(C(=O)O)[C@H](C)O)ccc(C#N)c1Cl. The predicted octanol–water partition coefficient (Wildman–Crippen LogP) is 1.77. The summed E-state index contributed by atoms with van der Waals surface area (Å²) in [4.78, 5) is 11.0. The summed E-state index contributed by atoms with van der Waals surface area (Å²) in [6.45, 7) is 3.05. The first-order valence-corrected chi connectivity index (χ1v) is 5.63. The van der Waals surface area contributed by atoms with Gasteiger partial charge in [-0.15, -0.1) is 0 Å². The van der Waals surface area contributed by atoms with Crippen molar-refractivity contribution in [3.8, 4) is 6.07 Å². The smallest absolute Gasteiger partial charge is 0.328 e. The van der Waals surface area contributed by atoms with Crippen LogP contribution >= 0.6 is 11.6 Å². The number of benzene rings is 1. The minimum atomic E-state index is -1.16. The zero-order valence-corrected chi connectivity index (χ0v) is 10.7. The van der Waals surface area contributed by atoms with Crippen LogP contribution in [0.15, 0.2) is 12.1 Å². The zero-order chi connectivity index (χ0) is 13.9. The number of aliphatic carboxylic acids is 1. The first-order chi connectivity index (χ1) is 8.38. The van der Waals surface area contributed by atoms with Crippen molar-refractivity contribution in [2.45, 2.75) is 26.0 Å². The van der Waals surface area contributed by atoms with Crippen LogP contribution in [0.5, 0.6) is 0 Å². The van der Waals surface area contributed by atoms with Crippen molar-refractivity contribution in [3.63, 3.8) is 0 Å². The molecule has 0 spiro atoms. The number of carboxylic acids is 1. The lowest BCUT2D eigenvalue weighted by Crippen LogP contribution is -2.39. The molecular weight excluding hydrogens is 256 g/mol. The summed E-state index contributed by atoms with van der Waals surface area (Å²) in [5, 5.41) is 30.1. The predicted molar refractivity (Wildman–Crippen MR) is 67.6 cm³/mol. The minimum absolute atomic E-state index is 0.275. The fourth-order valence-corrected chi connectivity index (χ4v) is 1.69. The van der Waals surface area contributed by atoms with Crippen LogP contribution in [0.2, 0.25) is 5.02 Å². The van der Waals surface area contributed by atoms with Crippen molar-refractivity contribution in [2.24, 2.45) is 0 Å². The number of aliphatic hydroxyl groups excluding tert-OH is 1. The van der Waals surface area contributed by atoms with Crippen LogP contribution in [0.3, 0.4) is 0 Å². The van der Waals surface area contributed by atoms with Gasteiger partial charge in [-0.1, -0.05) is 11.6 Å². The third-order valence-corrected chi connectivity index (χ3v) is 3.05. The molecule has 1 aromatic carbocycles. The van der Waals surface area contributed by atoms with Gasteiger partial charge in [-0.2, -0.15) is 5.26 Å². The Morgan fingerprint density at radius 1 is 1.56 bits per heavy atom. The number of hydrogen-bond donors (Lipinski definition) is 3. The molecule has 1 rings (SSSR count). The van der Waals surface area contributed by atoms with Crippen LogP contribution in [0, 0.1) is 18.3 Å². The number of nitriles is 1. The van der Waals surface area contributed by atoms with Crippen molar-refractivity contribution in [1.29, 1.82) is 5.26 Å². The molecule has 0 bridgehead atoms. The fourth-order valence-electron chi connectivity index (χ4n) is 1.48. The highest BCUT2D eigenvalue weighted by atomic mass is 35.5. The van der Waals surface area contributed by atoms with E-state index in [1.807, 2.05) is 6.07 Å². The Labute approximate surface area is 110 Å². The van der Waals surface area contributed by atoms with Gasteiger partial charge < -0.3 is 15.5 Å². The van der Waals surface area contributed by atoms with Crippen molar-refractivity contribution >= 4 is 23.3 Å². The first kappa shape index (κ1) is 14.3. The molecule has 1 unspecified atom stereocenters. The molecule has 96 valence electrons. The van der Waals surface area contributed by atoms with Gasteiger partial charge in [0, 0.05) is 5.69 Å². The number of halogens is 1. The van der Waals surface area contributed by atoms with Crippen LogP contribution in [0.1, 0.15) is 18.1 Å². The van der Waals surface area contributed by atoms with Gasteiger partial charge in [0.05, 0.1) is 16.7 Å². The Morgan fingerprint density at radius 3 is 2.61 bits per heavy atom. The molecule has 0 heterocycles. The second-order valence-corrected chi connectivity index (χ2v) is 4.29. The maximum absolute atomic E-state index is 11.0. The Balaban J connectivity index is 3.09. The second kappa shape index (κ2) is 5.71. The molecular formula is C12H13ClN2O3. The number of hydrogen-bond acceptors (Lipinski definition) is 4. The van der Waals surface area contributed by atoms with E-state index in [-0.39, 0.29) is 5.02 Å². The number of nitrogens with one attached hydrogen (secondary N) is 1. The average molecular weight is 269 g/mol. The first-order valence-electron chi connectivity index (χ1n) is 5.25. The lowest BCUT2D eigenvalue weighted by molar-refractivity contribution is -0.140. The zero-order valence-electron chi connectivity index (χ0n) is 9.94. The highest BCUT2D eigenvalue weighted by Gasteiger charge is 2.23. The molecule has 0 radical (unpaired) electrons. The summed E-state index contributed by atoms with van der Waals surface area (Å²) < 4.78 is 0. The Bertz CT molecular complexity index is 509. The number of aliphatic hydroxyl groups is 1. The molecule has 0 saturated heterocycles. The van der Waals surface area contributed by atoms with Crippen molar-refractivity contribution in [2.75, 3.05) is 5.32 Å². The molecule has 3 N–H and O–H groups in total. The summed E-state index contributed by atoms with van der Waals surface area (Å²) in [6, 6.07) is 3.87. The molecule has 0 aromatic heterocycles. The van der Waals surface area contributed by atoms with Crippen LogP contribution in [0.4, 0.5) is 5.69 Å². The quantitative estimate of drug-likeness (QED) is 0.774. The molecule has 2 atom stereocenters. The topological polar surface area (TPSA) is 93.3 Å². The maximum atomic E-state index is 11.0. The van der Waals surface area contributed by atoms with Crippen molar-refractivity contribution < 1.29 is 15.0 Å². The van der Waals surface area contributed by atoms with Gasteiger partial charge in [0.25, 0.3) is 0 Å². The lowest BCUT2D eigenvalue weighted by Gasteiger charge is -2.20. The number of nitrogens with zero attached hydrogens (tertiary/aromatic N) is 1. The van der Waals surface area contributed by atoms with Crippen LogP contribution < -0.4 is 5.32 Å². The summed E-state index contributed by atoms with van der Waals surface area (Å²) in [6.07, 6.45) is -1.06. The summed E-state index contributed by atoms with van der Waals surface area (Å²) in [5.41, 5.74) is 1.37. The van der Waals surface area contributed by atoms with Gasteiger partial charge in [-0.05, 0) is 31.5 Å². The summed E-state index contributed by atoms with van der Waals surface area (Å²) in [5.74, 6) is -1.16. The molecule has 0 amide bonds. The van der Waals surface area contributed by atoms with Crippen molar-refractivity contribution in [1.82, 2.24) is 0 Å². The minimum Gasteiger partial charge on any atom is -0.480 e. The van der Waals surface area contributed by atoms with Crippen molar-refractivity contribution in [3.05, 3.63) is 28.3 Å². The molecule has 0 aliphatic rings. The molecule has 6 heteroatoms. The number of anilines is 1. The van der Waals surface area contributed by atoms with E-state index in [0.717, 1.165) is 0 Å². The molecule has 5 nitrogen and oxygen atoms in total. The second-order valence-electron chi connectivity index (χ2n) is 3.91. The molecule has 0 fully saturated rings. The van der Waals surface area contributed by atoms with Gasteiger partial charge in [0.15, 0.2) is 6.04 Å². The lowest BCUT2D eigenvalue weighted by atomic mass is 10.1. The fraction of sp³-hybridized carbons (Fsp3) is 0.333. The third kappa shape index (κ3) is 2.92. The standard InChI is InChI=1S/C12H13ClN2O3/c1-6-9(4-3-8(5-14)10(6)13)15-11(7(2)16)12(17)18/h3-4,7,11,15-16H,1-2H3,(H,17,18)/t7-,11?/m0/s1. The van der Waals surface area contributed by atoms with E-state index < -0.39 is 18.1 Å². The highest BCUT2D eigenvalue weighted by molar-refractivity contribution is 6.32. The number of carboxylic acid groups (broad SMARTS) is 1. The van der Waals surface area contributed by atoms with E-state index in [1.54, 1.807) is 13.0 Å². The highest BCUT2D eigenvalue weighted by Crippen LogP contribution is 2.27. The molecule has 0 aliphatic heterocycles. The molecule has 1 aromatic rings. The van der Waals surface area contributed by atoms with E-state index in [9.17, 15) is 9.90 Å². The van der Waals surface area contributed by atoms with E-state index in [4.69, 9.17) is 22.0 Å². The monoisotopic (exact) mass is 268 g/mol. The average Bonchev–Trinajstić information content (AvgIpc) is 2.30. The van der Waals surface area contributed by atoms with Gasteiger partial charge in [0.2, 0.25) is 0 Å². The maximum Gasteiger partial charge on any atom is 0.328 e. The van der Waals surface area contributed by atoms with Gasteiger partial charge in [-0.25, -0.2) is 4.79 Å². The van der Waals surface area contributed by atoms with Gasteiger partial charge in [-0.3, -0.25) is 0 Å². The van der Waals surface area contributed by atoms with E-state index in [1.165, 1.54) is 13.0 Å². The molecule has 18 heavy (non-hydrogen) atoms. The van der Waals surface area contributed by atoms with E-state index in [0.29, 0.717) is 16.8 Å². The third-order valence-electron chi connectivity index (χ3n) is 2.57. The van der Waals surface area contributed by atoms with Gasteiger partial charge in [0.1, 0.15) is 6.07 Å². The Kier molecular flexibility index (Phi) is 4.54. The van der Waals surface area contributed by atoms with Crippen LogP contribution in [0.25, 0.3) is 0 Å². The largest absolute Gasteiger partial charge is 0.480 e. The molecule has 0 saturated carbocycles. The number of carbonyl (C=O) groups is 1. The summed E-state index contributed by atoms with van der Waals surface area (Å²) >= 11 is 5.97. The van der Waals surface area contributed by atoms with Gasteiger partial charge >= 0.3 is 5.97 Å². The van der Waals surface area contributed by atoms with Crippen LogP contribution in [-0.4, -0.2) is 28.3 Å². The summed E-state index contributed by atoms with van der Waals surface area (Å²) in [7, 11) is 0. The van der Waals surface area contributed by atoms with E-state index >= 15 is 0 Å². The number of rotatable bonds is 4. The van der Waals surface area contributed by atoms with E-state index in [2.05, 4.69) is 5.32 Å². The normalized spacial score (nSPS) is 13.5. The Hall–Kier alpha value is -1.77. The molecule has 0 aliphatic carbocycles. The Morgan fingerprint density at radius 2 is 2.17 bits per heavy atom.